The molecule has 2 aliphatic heterocycles. The fourth-order valence-corrected chi connectivity index (χ4v) is 7.46. The number of carbonyl (C=O) groups excluding carboxylic acids is 2. The molecule has 5 rings (SSSR count). The Kier molecular flexibility index (Phi) is 9.69. The van der Waals surface area contributed by atoms with Crippen LogP contribution in [0.15, 0.2) is 54.2 Å². The van der Waals surface area contributed by atoms with Crippen LogP contribution in [0.4, 0.5) is 26.3 Å². The zero-order valence-electron chi connectivity index (χ0n) is 25.8. The number of phenols is 1. The molecule has 2 saturated heterocycles. The number of hydrogen-bond acceptors (Lipinski definition) is 7. The van der Waals surface area contributed by atoms with Crippen molar-refractivity contribution < 1.29 is 45.8 Å². The van der Waals surface area contributed by atoms with Crippen molar-refractivity contribution in [3.05, 3.63) is 75.7 Å². The number of amides is 2. The maximum absolute atomic E-state index is 14.7. The molecule has 1 N–H and O–H groups in total. The highest BCUT2D eigenvalue weighted by Gasteiger charge is 2.56. The first-order valence-corrected chi connectivity index (χ1v) is 16.2. The van der Waals surface area contributed by atoms with Crippen molar-refractivity contribution in [3.63, 3.8) is 0 Å². The minimum absolute atomic E-state index is 0.0108. The van der Waals surface area contributed by atoms with E-state index in [0.717, 1.165) is 28.7 Å². The second kappa shape index (κ2) is 13.3. The smallest absolute Gasteiger partial charge is 0.425 e. The minimum Gasteiger partial charge on any atom is -0.508 e. The van der Waals surface area contributed by atoms with Gasteiger partial charge in [-0.25, -0.2) is 0 Å². The van der Waals surface area contributed by atoms with Gasteiger partial charge in [0.05, 0.1) is 28.7 Å². The number of carbonyl (C=O) groups is 2. The van der Waals surface area contributed by atoms with E-state index in [0.29, 0.717) is 29.4 Å². The lowest BCUT2D eigenvalue weighted by atomic mass is 9.73. The molecule has 2 fully saturated rings. The molecule has 2 aromatic heterocycles. The van der Waals surface area contributed by atoms with E-state index < -0.39 is 57.2 Å². The number of rotatable bonds is 7. The number of ether oxygens (including phenoxy) is 1. The molecular formula is C33H32F6N4O4S. The number of pyridine rings is 1. The molecule has 1 aromatic carbocycles. The van der Waals surface area contributed by atoms with Gasteiger partial charge in [0.1, 0.15) is 16.4 Å². The number of aromatic nitrogens is 1. The molecule has 2 amide bonds. The number of para-hydroxylation sites is 1. The van der Waals surface area contributed by atoms with Crippen LogP contribution in [0, 0.1) is 11.3 Å². The Labute approximate surface area is 276 Å². The molecule has 256 valence electrons. The maximum atomic E-state index is 14.7. The maximum Gasteiger partial charge on any atom is 0.425 e. The number of nitrogens with zero attached hydrogens (tertiary/aromatic N) is 4. The third kappa shape index (κ3) is 6.54. The Morgan fingerprint density at radius 2 is 1.79 bits per heavy atom. The zero-order valence-corrected chi connectivity index (χ0v) is 26.6. The van der Waals surface area contributed by atoms with E-state index in [1.54, 1.807) is 25.1 Å². The van der Waals surface area contributed by atoms with Crippen LogP contribution in [0.3, 0.4) is 0 Å². The molecule has 0 spiro atoms. The third-order valence-electron chi connectivity index (χ3n) is 9.10. The average Bonchev–Trinajstić information content (AvgIpc) is 3.54. The molecule has 15 heteroatoms. The summed E-state index contributed by atoms with van der Waals surface area (Å²) in [7, 11) is 0. The first kappa shape index (κ1) is 35.0. The fraction of sp³-hybridized carbons (Fsp3) is 0.455. The van der Waals surface area contributed by atoms with Gasteiger partial charge in [-0.3, -0.25) is 14.6 Å². The van der Waals surface area contributed by atoms with E-state index in [1.165, 1.54) is 11.0 Å². The van der Waals surface area contributed by atoms with Crippen LogP contribution in [0.1, 0.15) is 71.8 Å². The highest BCUT2D eigenvalue weighted by Crippen LogP contribution is 2.45. The second-order valence-corrected chi connectivity index (χ2v) is 12.9. The van der Waals surface area contributed by atoms with Gasteiger partial charge in [-0.2, -0.15) is 31.6 Å². The number of alkyl halides is 6. The quantitative estimate of drug-likeness (QED) is 0.263. The van der Waals surface area contributed by atoms with Crippen molar-refractivity contribution in [2.45, 2.75) is 74.9 Å². The molecule has 2 aliphatic rings. The summed E-state index contributed by atoms with van der Waals surface area (Å²) in [5, 5.41) is 21.8. The Morgan fingerprint density at radius 1 is 1.08 bits per heavy atom. The fourth-order valence-electron chi connectivity index (χ4n) is 6.78. The first-order valence-electron chi connectivity index (χ1n) is 15.3. The molecule has 0 radical (unpaired) electrons. The van der Waals surface area contributed by atoms with Crippen LogP contribution >= 0.6 is 11.3 Å². The lowest BCUT2D eigenvalue weighted by molar-refractivity contribution is -0.160. The number of piperidine rings is 2. The van der Waals surface area contributed by atoms with Crippen LogP contribution in [-0.4, -0.2) is 63.0 Å². The van der Waals surface area contributed by atoms with Gasteiger partial charge in [0.2, 0.25) is 5.60 Å². The first-order chi connectivity index (χ1) is 22.7. The predicted molar refractivity (Wildman–Crippen MR) is 162 cm³/mol. The number of thiophene rings is 1. The summed E-state index contributed by atoms with van der Waals surface area (Å²) in [5.41, 5.74) is -4.61. The topological polar surface area (TPSA) is 107 Å². The molecule has 2 atom stereocenters. The minimum atomic E-state index is -4.88. The van der Waals surface area contributed by atoms with Gasteiger partial charge >= 0.3 is 12.4 Å². The zero-order chi connectivity index (χ0) is 34.9. The second-order valence-electron chi connectivity index (χ2n) is 12.0. The van der Waals surface area contributed by atoms with Gasteiger partial charge in [0.15, 0.2) is 0 Å². The molecule has 48 heavy (non-hydrogen) atoms. The lowest BCUT2D eigenvalue weighted by Crippen LogP contribution is -2.68. The van der Waals surface area contributed by atoms with E-state index in [2.05, 4.69) is 11.1 Å². The summed E-state index contributed by atoms with van der Waals surface area (Å²) < 4.78 is 88.9. The molecule has 0 aliphatic carbocycles. The van der Waals surface area contributed by atoms with Crippen molar-refractivity contribution in [2.24, 2.45) is 0 Å². The largest absolute Gasteiger partial charge is 0.508 e. The molecule has 4 heterocycles. The van der Waals surface area contributed by atoms with Gasteiger partial charge in [0, 0.05) is 55.5 Å². The van der Waals surface area contributed by atoms with Gasteiger partial charge in [-0.05, 0) is 37.8 Å². The summed E-state index contributed by atoms with van der Waals surface area (Å²) in [6.07, 6.45) is -7.10. The summed E-state index contributed by atoms with van der Waals surface area (Å²) in [6.45, 7) is 1.74. The standard InChI is InChI=1S/C33H32F6N4O4S/c1-2-6-26-31(47-21-17-27(48-19-21)33(37,38)39,10-5-14-43(26)28(45)22-18-41-13-9-23(22)32(34,35)36)29(46)42-15-11-30(20-40,12-16-42)24-7-3-4-8-25(24)44/h3-4,7-9,13,17-19,26,44H,2,5-6,10-12,14-16H2,1H3/t26-,31+/m1/s1. The number of nitriles is 1. The number of benzene rings is 1. The Morgan fingerprint density at radius 3 is 2.40 bits per heavy atom. The normalized spacial score (nSPS) is 21.4. The molecule has 0 unspecified atom stereocenters. The number of aromatic hydroxyl groups is 1. The van der Waals surface area contributed by atoms with Gasteiger partial charge in [0.25, 0.3) is 11.8 Å². The average molecular weight is 695 g/mol. The number of hydrogen-bond donors (Lipinski definition) is 1. The molecule has 0 saturated carbocycles. The van der Waals surface area contributed by atoms with Gasteiger partial charge in [-0.1, -0.05) is 31.5 Å². The van der Waals surface area contributed by atoms with Crippen LogP contribution in [0.2, 0.25) is 0 Å². The van der Waals surface area contributed by atoms with E-state index in [4.69, 9.17) is 4.74 Å². The third-order valence-corrected chi connectivity index (χ3v) is 10.0. The van der Waals surface area contributed by atoms with Crippen molar-refractivity contribution in [1.29, 1.82) is 5.26 Å². The number of phenolic OH excluding ortho intramolecular Hbond substituents is 1. The lowest BCUT2D eigenvalue weighted by Gasteiger charge is -2.51. The monoisotopic (exact) mass is 694 g/mol. The van der Waals surface area contributed by atoms with Gasteiger partial charge < -0.3 is 19.6 Å². The van der Waals surface area contributed by atoms with E-state index in [-0.39, 0.29) is 63.2 Å². The molecule has 3 aromatic rings. The van der Waals surface area contributed by atoms with Crippen LogP contribution in [0.25, 0.3) is 0 Å². The van der Waals surface area contributed by atoms with Crippen LogP contribution in [0.5, 0.6) is 11.5 Å². The highest BCUT2D eigenvalue weighted by molar-refractivity contribution is 7.10. The Bertz CT molecular complexity index is 1700. The summed E-state index contributed by atoms with van der Waals surface area (Å²) in [5.74, 6) is -2.01. The SMILES string of the molecule is CCC[C@H]1N(C(=O)c2cnccc2C(F)(F)F)CCC[C@@]1(Oc1csc(C(F)(F)F)c1)C(=O)N1CCC(C#N)(c2ccccc2O)CC1. The summed E-state index contributed by atoms with van der Waals surface area (Å²) >= 11 is 0.368. The molecule has 0 bridgehead atoms. The summed E-state index contributed by atoms with van der Waals surface area (Å²) in [4.78, 5) is 34.0. The van der Waals surface area contributed by atoms with Gasteiger partial charge in [-0.15, -0.1) is 11.3 Å². The van der Waals surface area contributed by atoms with Crippen molar-refractivity contribution in [3.8, 4) is 17.6 Å². The summed E-state index contributed by atoms with van der Waals surface area (Å²) in [6, 6.07) is 8.96. The number of halogens is 6. The Balaban J connectivity index is 1.55. The number of likely N-dealkylation sites (tertiary alicyclic amines) is 2. The highest BCUT2D eigenvalue weighted by atomic mass is 32.1. The van der Waals surface area contributed by atoms with E-state index >= 15 is 0 Å². The van der Waals surface area contributed by atoms with Crippen molar-refractivity contribution >= 4 is 23.2 Å². The van der Waals surface area contributed by atoms with Crippen molar-refractivity contribution in [2.75, 3.05) is 19.6 Å². The molecular weight excluding hydrogens is 662 g/mol. The van der Waals surface area contributed by atoms with E-state index in [9.17, 15) is 46.3 Å². The Hall–Kier alpha value is -4.32. The van der Waals surface area contributed by atoms with Crippen molar-refractivity contribution in [1.82, 2.24) is 14.8 Å². The van der Waals surface area contributed by atoms with Crippen LogP contribution < -0.4 is 4.74 Å². The van der Waals surface area contributed by atoms with E-state index in [1.807, 2.05) is 0 Å². The van der Waals surface area contributed by atoms with Crippen LogP contribution in [-0.2, 0) is 22.6 Å². The molecule has 8 nitrogen and oxygen atoms in total. The predicted octanol–water partition coefficient (Wildman–Crippen LogP) is 7.19.